The molecule has 2 nitrogen and oxygen atoms in total. The summed E-state index contributed by atoms with van der Waals surface area (Å²) in [6.07, 6.45) is 13.5. The summed E-state index contributed by atoms with van der Waals surface area (Å²) in [5.41, 5.74) is 1.71. The summed E-state index contributed by atoms with van der Waals surface area (Å²) < 4.78 is 71.7. The van der Waals surface area contributed by atoms with Gasteiger partial charge < -0.3 is 9.47 Å². The molecule has 1 heterocycles. The molecule has 0 saturated carbocycles. The second-order valence-electron chi connectivity index (χ2n) is 11.1. The fourth-order valence-electron chi connectivity index (χ4n) is 5.50. The quantitative estimate of drug-likeness (QED) is 0.107. The van der Waals surface area contributed by atoms with E-state index >= 15 is 8.78 Å². The van der Waals surface area contributed by atoms with Crippen LogP contribution in [-0.2, 0) is 15.9 Å². The lowest BCUT2D eigenvalue weighted by Gasteiger charge is -2.30. The zero-order valence-electron chi connectivity index (χ0n) is 24.7. The Kier molecular flexibility index (Phi) is 12.2. The Labute approximate surface area is 247 Å². The molecule has 3 aromatic rings. The van der Waals surface area contributed by atoms with Crippen molar-refractivity contribution in [2.45, 2.75) is 90.3 Å². The maximum atomic E-state index is 15.2. The Hall–Kier alpha value is -2.96. The molecule has 1 aliphatic rings. The molecule has 1 saturated heterocycles. The van der Waals surface area contributed by atoms with Gasteiger partial charge in [-0.25, -0.2) is 17.6 Å². The van der Waals surface area contributed by atoms with Gasteiger partial charge >= 0.3 is 0 Å². The molecule has 3 aromatic carbocycles. The van der Waals surface area contributed by atoms with Gasteiger partial charge in [-0.05, 0) is 61.3 Å². The molecule has 0 bridgehead atoms. The highest BCUT2D eigenvalue weighted by atomic mass is 19.2. The van der Waals surface area contributed by atoms with Crippen LogP contribution in [0.2, 0.25) is 0 Å². The minimum absolute atomic E-state index is 0.101. The minimum atomic E-state index is -0.950. The van der Waals surface area contributed by atoms with Crippen LogP contribution in [0.5, 0.6) is 0 Å². The topological polar surface area (TPSA) is 18.5 Å². The summed E-state index contributed by atoms with van der Waals surface area (Å²) in [6, 6.07) is 12.7. The van der Waals surface area contributed by atoms with Crippen molar-refractivity contribution < 1.29 is 27.0 Å². The van der Waals surface area contributed by atoms with Gasteiger partial charge in [0, 0.05) is 17.0 Å². The average Bonchev–Trinajstić information content (AvgIpc) is 3.01. The van der Waals surface area contributed by atoms with Crippen LogP contribution >= 0.6 is 0 Å². The first-order valence-corrected chi connectivity index (χ1v) is 15.3. The second-order valence-corrected chi connectivity index (χ2v) is 11.1. The molecule has 0 N–H and O–H groups in total. The van der Waals surface area contributed by atoms with E-state index in [-0.39, 0.29) is 42.1 Å². The summed E-state index contributed by atoms with van der Waals surface area (Å²) in [4.78, 5) is 0. The molecule has 0 unspecified atom stereocenters. The van der Waals surface area contributed by atoms with E-state index in [0.29, 0.717) is 23.1 Å². The standard InChI is InChI=1S/C36H42F4O2/c1-3-5-7-9-10-12-14-32-41-23-28(24-42-32)31-22-21-30(35(39)36(31)40)26-17-15-25(16-18-26)29-20-19-27(33(37)34(29)38)13-11-8-6-4-2/h4,6,15-22,28,32H,3,5,7-14,23-24H2,1-2H3. The lowest BCUT2D eigenvalue weighted by Crippen LogP contribution is -2.31. The van der Waals surface area contributed by atoms with E-state index in [4.69, 9.17) is 9.47 Å². The van der Waals surface area contributed by atoms with Gasteiger partial charge in [-0.3, -0.25) is 0 Å². The van der Waals surface area contributed by atoms with Gasteiger partial charge in [0.15, 0.2) is 29.6 Å². The Bertz CT molecular complexity index is 1310. The van der Waals surface area contributed by atoms with Gasteiger partial charge in [0.25, 0.3) is 0 Å². The largest absolute Gasteiger partial charge is 0.352 e. The fraction of sp³-hybridized carbons (Fsp3) is 0.444. The Morgan fingerprint density at radius 1 is 0.690 bits per heavy atom. The minimum Gasteiger partial charge on any atom is -0.352 e. The van der Waals surface area contributed by atoms with Crippen LogP contribution in [0.25, 0.3) is 22.3 Å². The van der Waals surface area contributed by atoms with Crippen molar-refractivity contribution in [1.29, 1.82) is 0 Å². The molecule has 0 aromatic heterocycles. The molecule has 0 radical (unpaired) electrons. The number of allylic oxidation sites excluding steroid dienone is 2. The molecule has 1 aliphatic heterocycles. The maximum absolute atomic E-state index is 15.2. The lowest BCUT2D eigenvalue weighted by atomic mass is 9.94. The van der Waals surface area contributed by atoms with Crippen molar-refractivity contribution in [3.05, 3.63) is 95.1 Å². The first-order chi connectivity index (χ1) is 20.4. The fourth-order valence-corrected chi connectivity index (χ4v) is 5.50. The number of aryl methyl sites for hydroxylation is 1. The summed E-state index contributed by atoms with van der Waals surface area (Å²) >= 11 is 0. The highest BCUT2D eigenvalue weighted by molar-refractivity contribution is 5.71. The SMILES string of the molecule is CC=CCCCc1ccc(-c2ccc(-c3ccc(C4COC(CCCCCCCC)OC4)c(F)c3F)cc2)c(F)c1F. The van der Waals surface area contributed by atoms with E-state index in [9.17, 15) is 8.78 Å². The summed E-state index contributed by atoms with van der Waals surface area (Å²) in [5.74, 6) is -4.00. The van der Waals surface area contributed by atoms with Crippen molar-refractivity contribution in [1.82, 2.24) is 0 Å². The van der Waals surface area contributed by atoms with Crippen LogP contribution in [-0.4, -0.2) is 19.5 Å². The molecule has 0 aliphatic carbocycles. The van der Waals surface area contributed by atoms with Crippen LogP contribution in [0.4, 0.5) is 17.6 Å². The molecule has 4 rings (SSSR count). The van der Waals surface area contributed by atoms with Gasteiger partial charge in [0.05, 0.1) is 13.2 Å². The van der Waals surface area contributed by atoms with Gasteiger partial charge in [0.1, 0.15) is 0 Å². The molecule has 42 heavy (non-hydrogen) atoms. The number of hydrogen-bond acceptors (Lipinski definition) is 2. The summed E-state index contributed by atoms with van der Waals surface area (Å²) in [7, 11) is 0. The van der Waals surface area contributed by atoms with E-state index in [2.05, 4.69) is 6.92 Å². The number of halogens is 4. The van der Waals surface area contributed by atoms with E-state index in [1.165, 1.54) is 25.7 Å². The van der Waals surface area contributed by atoms with Crippen molar-refractivity contribution in [3.63, 3.8) is 0 Å². The average molecular weight is 583 g/mol. The van der Waals surface area contributed by atoms with Crippen molar-refractivity contribution in [2.24, 2.45) is 0 Å². The van der Waals surface area contributed by atoms with E-state index in [1.807, 2.05) is 19.1 Å². The maximum Gasteiger partial charge on any atom is 0.166 e. The molecule has 0 spiro atoms. The predicted octanol–water partition coefficient (Wildman–Crippen LogP) is 10.7. The number of benzene rings is 3. The third kappa shape index (κ3) is 8.11. The number of ether oxygens (including phenoxy) is 2. The third-order valence-corrected chi connectivity index (χ3v) is 8.03. The predicted molar refractivity (Wildman–Crippen MR) is 161 cm³/mol. The first-order valence-electron chi connectivity index (χ1n) is 15.3. The van der Waals surface area contributed by atoms with Crippen LogP contribution in [0.15, 0.2) is 60.7 Å². The van der Waals surface area contributed by atoms with Crippen LogP contribution in [0, 0.1) is 23.3 Å². The highest BCUT2D eigenvalue weighted by Gasteiger charge is 2.27. The van der Waals surface area contributed by atoms with E-state index in [1.54, 1.807) is 48.5 Å². The van der Waals surface area contributed by atoms with Gasteiger partial charge in [-0.2, -0.15) is 0 Å². The number of unbranched alkanes of at least 4 members (excludes halogenated alkanes) is 6. The normalized spacial score (nSPS) is 17.3. The number of rotatable bonds is 14. The Morgan fingerprint density at radius 3 is 1.93 bits per heavy atom. The highest BCUT2D eigenvalue weighted by Crippen LogP contribution is 2.34. The van der Waals surface area contributed by atoms with Crippen molar-refractivity contribution in [3.8, 4) is 22.3 Å². The van der Waals surface area contributed by atoms with Crippen molar-refractivity contribution >= 4 is 0 Å². The monoisotopic (exact) mass is 582 g/mol. The Morgan fingerprint density at radius 2 is 1.29 bits per heavy atom. The van der Waals surface area contributed by atoms with Gasteiger partial charge in [0.2, 0.25) is 0 Å². The number of hydrogen-bond donors (Lipinski definition) is 0. The van der Waals surface area contributed by atoms with E-state index < -0.39 is 23.3 Å². The van der Waals surface area contributed by atoms with Crippen molar-refractivity contribution in [2.75, 3.05) is 13.2 Å². The molecule has 226 valence electrons. The molecular formula is C36H42F4O2. The molecule has 1 fully saturated rings. The summed E-state index contributed by atoms with van der Waals surface area (Å²) in [6.45, 7) is 4.68. The lowest BCUT2D eigenvalue weighted by molar-refractivity contribution is -0.190. The van der Waals surface area contributed by atoms with Crippen LogP contribution < -0.4 is 0 Å². The van der Waals surface area contributed by atoms with Gasteiger partial charge in [-0.15, -0.1) is 0 Å². The van der Waals surface area contributed by atoms with Gasteiger partial charge in [-0.1, -0.05) is 99.7 Å². The van der Waals surface area contributed by atoms with E-state index in [0.717, 1.165) is 32.1 Å². The smallest absolute Gasteiger partial charge is 0.166 e. The first kappa shape index (κ1) is 32.0. The zero-order valence-corrected chi connectivity index (χ0v) is 24.7. The third-order valence-electron chi connectivity index (χ3n) is 8.03. The molecule has 6 heteroatoms. The Balaban J connectivity index is 1.38. The van der Waals surface area contributed by atoms with Crippen LogP contribution in [0.3, 0.4) is 0 Å². The zero-order chi connectivity index (χ0) is 29.9. The molecule has 0 atom stereocenters. The summed E-state index contributed by atoms with van der Waals surface area (Å²) in [5, 5.41) is 0. The second kappa shape index (κ2) is 16.0. The molecular weight excluding hydrogens is 540 g/mol. The van der Waals surface area contributed by atoms with Crippen LogP contribution in [0.1, 0.15) is 88.7 Å². The molecule has 0 amide bonds.